The monoisotopic (exact) mass is 414 g/mol. The smallest absolute Gasteiger partial charge is 0.296 e. The van der Waals surface area contributed by atoms with Gasteiger partial charge in [-0.2, -0.15) is 0 Å². The molecule has 1 amide bonds. The Bertz CT molecular complexity index is 1150. The van der Waals surface area contributed by atoms with Crippen molar-refractivity contribution in [1.29, 1.82) is 0 Å². The van der Waals surface area contributed by atoms with Crippen LogP contribution in [0.2, 0.25) is 0 Å². The van der Waals surface area contributed by atoms with E-state index < -0.39 is 17.7 Å². The fraction of sp³-hybridized carbons (Fsp3) is 0.160. The van der Waals surface area contributed by atoms with E-state index >= 15 is 0 Å². The van der Waals surface area contributed by atoms with Gasteiger partial charge in [0, 0.05) is 11.8 Å². The third kappa shape index (κ3) is 3.80. The van der Waals surface area contributed by atoms with Gasteiger partial charge in [-0.05, 0) is 54.4 Å². The van der Waals surface area contributed by atoms with Crippen molar-refractivity contribution >= 4 is 17.4 Å². The third-order valence-electron chi connectivity index (χ3n) is 5.44. The van der Waals surface area contributed by atoms with Crippen LogP contribution in [-0.2, 0) is 16.1 Å². The van der Waals surface area contributed by atoms with Gasteiger partial charge >= 0.3 is 0 Å². The molecule has 1 saturated heterocycles. The van der Waals surface area contributed by atoms with E-state index in [9.17, 15) is 14.7 Å². The molecule has 6 nitrogen and oxygen atoms in total. The van der Waals surface area contributed by atoms with Crippen molar-refractivity contribution < 1.29 is 19.4 Å². The predicted molar refractivity (Wildman–Crippen MR) is 116 cm³/mol. The largest absolute Gasteiger partial charge is 0.507 e. The fourth-order valence-corrected chi connectivity index (χ4v) is 3.83. The minimum Gasteiger partial charge on any atom is -0.507 e. The van der Waals surface area contributed by atoms with Crippen LogP contribution in [0, 0.1) is 6.92 Å². The number of ketones is 1. The van der Waals surface area contributed by atoms with Gasteiger partial charge in [-0.1, -0.05) is 30.3 Å². The first-order valence-corrected chi connectivity index (χ1v) is 9.89. The standard InChI is InChI=1S/C25H22N2O4/c1-16-7-3-4-9-20(16)22-21(23(28)17-10-12-19(31-2)13-11-17)24(29)25(30)27(22)15-18-8-5-6-14-26-18/h3-14,22,28H,15H2,1-2H3/b23-21+. The van der Waals surface area contributed by atoms with Crippen LogP contribution in [-0.4, -0.2) is 33.8 Å². The zero-order valence-electron chi connectivity index (χ0n) is 17.3. The summed E-state index contributed by atoms with van der Waals surface area (Å²) in [6.07, 6.45) is 1.64. The van der Waals surface area contributed by atoms with Crippen LogP contribution >= 0.6 is 0 Å². The second-order valence-corrected chi connectivity index (χ2v) is 7.33. The molecule has 1 fully saturated rings. The minimum absolute atomic E-state index is 0.0698. The van der Waals surface area contributed by atoms with Gasteiger partial charge in [0.25, 0.3) is 11.7 Å². The molecule has 1 aromatic heterocycles. The van der Waals surface area contributed by atoms with Crippen LogP contribution in [0.15, 0.2) is 78.5 Å². The molecule has 2 heterocycles. The Balaban J connectivity index is 1.86. The summed E-state index contributed by atoms with van der Waals surface area (Å²) in [6, 6.07) is 19.0. The molecule has 0 radical (unpaired) electrons. The van der Waals surface area contributed by atoms with Gasteiger partial charge in [0.15, 0.2) is 0 Å². The lowest BCUT2D eigenvalue weighted by atomic mass is 9.92. The first kappa shape index (κ1) is 20.3. The highest BCUT2D eigenvalue weighted by atomic mass is 16.5. The Morgan fingerprint density at radius 1 is 1.03 bits per heavy atom. The first-order chi connectivity index (χ1) is 15.0. The van der Waals surface area contributed by atoms with Crippen molar-refractivity contribution in [2.45, 2.75) is 19.5 Å². The van der Waals surface area contributed by atoms with Gasteiger partial charge in [-0.15, -0.1) is 0 Å². The number of aryl methyl sites for hydroxylation is 1. The Morgan fingerprint density at radius 2 is 1.74 bits per heavy atom. The van der Waals surface area contributed by atoms with Gasteiger partial charge in [-0.3, -0.25) is 14.6 Å². The molecule has 0 saturated carbocycles. The SMILES string of the molecule is COc1ccc(/C(O)=C2\C(=O)C(=O)N(Cc3ccccn3)C2c2ccccc2C)cc1. The number of carbonyl (C=O) groups is 2. The molecule has 2 aromatic carbocycles. The maximum atomic E-state index is 13.1. The number of hydrogen-bond acceptors (Lipinski definition) is 5. The van der Waals surface area contributed by atoms with Gasteiger partial charge in [0.05, 0.1) is 31.0 Å². The van der Waals surface area contributed by atoms with Crippen molar-refractivity contribution in [3.8, 4) is 5.75 Å². The summed E-state index contributed by atoms with van der Waals surface area (Å²) in [6.45, 7) is 2.08. The van der Waals surface area contributed by atoms with Gasteiger partial charge in [-0.25, -0.2) is 0 Å². The molecule has 31 heavy (non-hydrogen) atoms. The van der Waals surface area contributed by atoms with Crippen molar-refractivity contribution in [2.75, 3.05) is 7.11 Å². The molecule has 3 aromatic rings. The summed E-state index contributed by atoms with van der Waals surface area (Å²) < 4.78 is 5.17. The Labute approximate surface area is 180 Å². The molecular formula is C25H22N2O4. The average molecular weight is 414 g/mol. The number of aromatic nitrogens is 1. The molecule has 1 aliphatic heterocycles. The number of benzene rings is 2. The number of likely N-dealkylation sites (tertiary alicyclic amines) is 1. The van der Waals surface area contributed by atoms with E-state index in [1.165, 1.54) is 4.90 Å². The van der Waals surface area contributed by atoms with Crippen LogP contribution in [0.1, 0.15) is 28.4 Å². The molecule has 1 unspecified atom stereocenters. The molecule has 1 aliphatic rings. The molecule has 0 aliphatic carbocycles. The number of rotatable bonds is 5. The topological polar surface area (TPSA) is 79.7 Å². The van der Waals surface area contributed by atoms with Crippen LogP contribution in [0.4, 0.5) is 0 Å². The van der Waals surface area contributed by atoms with Crippen LogP contribution in [0.3, 0.4) is 0 Å². The van der Waals surface area contributed by atoms with Crippen LogP contribution in [0.25, 0.3) is 5.76 Å². The zero-order valence-corrected chi connectivity index (χ0v) is 17.3. The summed E-state index contributed by atoms with van der Waals surface area (Å²) >= 11 is 0. The second kappa shape index (κ2) is 8.44. The number of methoxy groups -OCH3 is 1. The van der Waals surface area contributed by atoms with E-state index in [2.05, 4.69) is 4.98 Å². The highest BCUT2D eigenvalue weighted by Crippen LogP contribution is 2.41. The van der Waals surface area contributed by atoms with Gasteiger partial charge < -0.3 is 14.7 Å². The Kier molecular flexibility index (Phi) is 5.54. The number of carbonyl (C=O) groups excluding carboxylic acids is 2. The number of amides is 1. The highest BCUT2D eigenvalue weighted by molar-refractivity contribution is 6.46. The number of ether oxygens (including phenoxy) is 1. The lowest BCUT2D eigenvalue weighted by Gasteiger charge is -2.26. The number of nitrogens with zero attached hydrogens (tertiary/aromatic N) is 2. The lowest BCUT2D eigenvalue weighted by Crippen LogP contribution is -2.29. The molecule has 4 rings (SSSR count). The van der Waals surface area contributed by atoms with Crippen molar-refractivity contribution in [2.24, 2.45) is 0 Å². The molecule has 0 spiro atoms. The first-order valence-electron chi connectivity index (χ1n) is 9.89. The zero-order chi connectivity index (χ0) is 22.0. The van der Waals surface area contributed by atoms with E-state index in [0.29, 0.717) is 17.0 Å². The third-order valence-corrected chi connectivity index (χ3v) is 5.44. The molecule has 1 atom stereocenters. The summed E-state index contributed by atoms with van der Waals surface area (Å²) in [5.41, 5.74) is 2.87. The van der Waals surface area contributed by atoms with Crippen LogP contribution in [0.5, 0.6) is 5.75 Å². The van der Waals surface area contributed by atoms with Crippen molar-refractivity contribution in [3.05, 3.63) is 101 Å². The summed E-state index contributed by atoms with van der Waals surface area (Å²) in [5.74, 6) is -0.952. The van der Waals surface area contributed by atoms with E-state index in [1.54, 1.807) is 49.7 Å². The van der Waals surface area contributed by atoms with Crippen molar-refractivity contribution in [1.82, 2.24) is 9.88 Å². The van der Waals surface area contributed by atoms with E-state index in [0.717, 1.165) is 11.1 Å². The minimum atomic E-state index is -0.717. The van der Waals surface area contributed by atoms with Crippen LogP contribution < -0.4 is 4.74 Å². The summed E-state index contributed by atoms with van der Waals surface area (Å²) in [5, 5.41) is 11.1. The molecule has 156 valence electrons. The maximum absolute atomic E-state index is 13.1. The summed E-state index contributed by atoms with van der Waals surface area (Å²) in [7, 11) is 1.55. The number of hydrogen-bond donors (Lipinski definition) is 1. The molecule has 6 heteroatoms. The average Bonchev–Trinajstić information content (AvgIpc) is 3.04. The number of pyridine rings is 1. The second-order valence-electron chi connectivity index (χ2n) is 7.33. The quantitative estimate of drug-likeness (QED) is 0.388. The fourth-order valence-electron chi connectivity index (χ4n) is 3.83. The van der Waals surface area contributed by atoms with Crippen molar-refractivity contribution in [3.63, 3.8) is 0 Å². The summed E-state index contributed by atoms with van der Waals surface area (Å²) in [4.78, 5) is 31.9. The maximum Gasteiger partial charge on any atom is 0.296 e. The Hall–Kier alpha value is -3.93. The normalized spacial score (nSPS) is 17.7. The predicted octanol–water partition coefficient (Wildman–Crippen LogP) is 4.02. The highest BCUT2D eigenvalue weighted by Gasteiger charge is 2.46. The number of aliphatic hydroxyl groups is 1. The van der Waals surface area contributed by atoms with E-state index in [4.69, 9.17) is 4.74 Å². The van der Waals surface area contributed by atoms with E-state index in [1.807, 2.05) is 37.3 Å². The molecule has 1 N–H and O–H groups in total. The number of aliphatic hydroxyl groups excluding tert-OH is 1. The number of Topliss-reactive ketones (excluding diaryl/α,β-unsaturated/α-hetero) is 1. The van der Waals surface area contributed by atoms with Gasteiger partial charge in [0.2, 0.25) is 0 Å². The van der Waals surface area contributed by atoms with Gasteiger partial charge in [0.1, 0.15) is 11.5 Å². The Morgan fingerprint density at radius 3 is 2.39 bits per heavy atom. The lowest BCUT2D eigenvalue weighted by molar-refractivity contribution is -0.140. The molecule has 0 bridgehead atoms. The molecular weight excluding hydrogens is 392 g/mol. The van der Waals surface area contributed by atoms with E-state index in [-0.39, 0.29) is 17.9 Å².